The maximum atomic E-state index is 12.2. The molecule has 0 saturated carbocycles. The van der Waals surface area contributed by atoms with Crippen LogP contribution in [-0.4, -0.2) is 37.7 Å². The standard InChI is InChI=1S/C17H27NO4/c1-6-17(3)9-12-8-13(16(19)22-7-2)18(14(12)10-17)11-15(20-4)21-5/h8,15H,6-7,9-11H2,1-5H3. The van der Waals surface area contributed by atoms with Gasteiger partial charge in [0.15, 0.2) is 6.29 Å². The van der Waals surface area contributed by atoms with Crippen LogP contribution >= 0.6 is 0 Å². The highest BCUT2D eigenvalue weighted by Crippen LogP contribution is 2.41. The molecule has 0 bridgehead atoms. The third-order valence-electron chi connectivity index (χ3n) is 4.71. The van der Waals surface area contributed by atoms with Crippen LogP contribution in [0.25, 0.3) is 0 Å². The van der Waals surface area contributed by atoms with Crippen molar-refractivity contribution in [2.45, 2.75) is 52.9 Å². The molecule has 1 atom stereocenters. The summed E-state index contributed by atoms with van der Waals surface area (Å²) in [6, 6.07) is 1.98. The highest BCUT2D eigenvalue weighted by molar-refractivity contribution is 5.88. The summed E-state index contributed by atoms with van der Waals surface area (Å²) in [7, 11) is 3.22. The molecule has 0 amide bonds. The van der Waals surface area contributed by atoms with Crippen molar-refractivity contribution in [3.05, 3.63) is 23.0 Å². The minimum atomic E-state index is -0.377. The molecule has 1 heterocycles. The number of aromatic nitrogens is 1. The Morgan fingerprint density at radius 1 is 1.32 bits per heavy atom. The SMILES string of the molecule is CCOC(=O)c1cc2c(n1CC(OC)OC)CC(C)(CC)C2. The van der Waals surface area contributed by atoms with Crippen LogP contribution in [0, 0.1) is 5.41 Å². The van der Waals surface area contributed by atoms with Gasteiger partial charge in [-0.15, -0.1) is 0 Å². The number of nitrogens with zero attached hydrogens (tertiary/aromatic N) is 1. The first kappa shape index (κ1) is 17.0. The van der Waals surface area contributed by atoms with Crippen LogP contribution < -0.4 is 0 Å². The van der Waals surface area contributed by atoms with E-state index in [4.69, 9.17) is 14.2 Å². The van der Waals surface area contributed by atoms with Gasteiger partial charge in [-0.3, -0.25) is 0 Å². The minimum absolute atomic E-state index is 0.273. The number of methoxy groups -OCH3 is 2. The molecular weight excluding hydrogens is 282 g/mol. The first-order valence-electron chi connectivity index (χ1n) is 7.92. The number of hydrogen-bond acceptors (Lipinski definition) is 4. The van der Waals surface area contributed by atoms with Crippen molar-refractivity contribution in [2.75, 3.05) is 20.8 Å². The molecule has 1 aliphatic rings. The molecule has 0 spiro atoms. The van der Waals surface area contributed by atoms with E-state index in [2.05, 4.69) is 13.8 Å². The Morgan fingerprint density at radius 3 is 2.55 bits per heavy atom. The highest BCUT2D eigenvalue weighted by Gasteiger charge is 2.36. The largest absolute Gasteiger partial charge is 0.461 e. The molecule has 22 heavy (non-hydrogen) atoms. The molecule has 0 saturated heterocycles. The first-order chi connectivity index (χ1) is 10.5. The lowest BCUT2D eigenvalue weighted by atomic mass is 9.84. The van der Waals surface area contributed by atoms with Gasteiger partial charge in [-0.1, -0.05) is 20.3 Å². The Hall–Kier alpha value is -1.33. The maximum absolute atomic E-state index is 12.2. The second-order valence-electron chi connectivity index (χ2n) is 6.25. The lowest BCUT2D eigenvalue weighted by Crippen LogP contribution is -2.26. The predicted molar refractivity (Wildman–Crippen MR) is 84.0 cm³/mol. The Bertz CT molecular complexity index is 533. The summed E-state index contributed by atoms with van der Waals surface area (Å²) in [6.45, 7) is 7.21. The zero-order chi connectivity index (χ0) is 16.3. The highest BCUT2D eigenvalue weighted by atomic mass is 16.7. The second-order valence-corrected chi connectivity index (χ2v) is 6.25. The molecule has 0 aliphatic heterocycles. The molecular formula is C17H27NO4. The minimum Gasteiger partial charge on any atom is -0.461 e. The lowest BCUT2D eigenvalue weighted by molar-refractivity contribution is -0.111. The van der Waals surface area contributed by atoms with E-state index in [1.54, 1.807) is 14.2 Å². The molecule has 1 unspecified atom stereocenters. The van der Waals surface area contributed by atoms with Crippen LogP contribution in [0.2, 0.25) is 0 Å². The summed E-state index contributed by atoms with van der Waals surface area (Å²) in [5, 5.41) is 0. The molecule has 1 aromatic heterocycles. The zero-order valence-corrected chi connectivity index (χ0v) is 14.3. The first-order valence-corrected chi connectivity index (χ1v) is 7.92. The molecule has 0 aromatic carbocycles. The summed E-state index contributed by atoms with van der Waals surface area (Å²) in [5.41, 5.74) is 3.34. The molecule has 5 heteroatoms. The third-order valence-corrected chi connectivity index (χ3v) is 4.71. The number of hydrogen-bond donors (Lipinski definition) is 0. The zero-order valence-electron chi connectivity index (χ0n) is 14.3. The fourth-order valence-corrected chi connectivity index (χ4v) is 3.16. The predicted octanol–water partition coefficient (Wildman–Crippen LogP) is 2.80. The van der Waals surface area contributed by atoms with E-state index in [0.29, 0.717) is 18.8 Å². The summed E-state index contributed by atoms with van der Waals surface area (Å²) in [4.78, 5) is 12.2. The van der Waals surface area contributed by atoms with Crippen LogP contribution in [0.5, 0.6) is 0 Å². The monoisotopic (exact) mass is 309 g/mol. The number of esters is 1. The van der Waals surface area contributed by atoms with E-state index < -0.39 is 0 Å². The summed E-state index contributed by atoms with van der Waals surface area (Å²) < 4.78 is 17.8. The van der Waals surface area contributed by atoms with Crippen LogP contribution in [-0.2, 0) is 33.6 Å². The van der Waals surface area contributed by atoms with E-state index in [0.717, 1.165) is 19.3 Å². The van der Waals surface area contributed by atoms with Gasteiger partial charge in [0.2, 0.25) is 0 Å². The van der Waals surface area contributed by atoms with Gasteiger partial charge >= 0.3 is 5.97 Å². The van der Waals surface area contributed by atoms with Crippen LogP contribution in [0.3, 0.4) is 0 Å². The van der Waals surface area contributed by atoms with Crippen molar-refractivity contribution in [1.82, 2.24) is 4.57 Å². The number of fused-ring (bicyclic) bond motifs is 1. The Balaban J connectivity index is 2.37. The summed E-state index contributed by atoms with van der Waals surface area (Å²) >= 11 is 0. The number of carbonyl (C=O) groups is 1. The van der Waals surface area contributed by atoms with Gasteiger partial charge in [0, 0.05) is 19.9 Å². The molecule has 5 nitrogen and oxygen atoms in total. The van der Waals surface area contributed by atoms with Crippen LogP contribution in [0.4, 0.5) is 0 Å². The van der Waals surface area contributed by atoms with Gasteiger partial charge in [0.05, 0.1) is 13.2 Å². The van der Waals surface area contributed by atoms with Crippen molar-refractivity contribution in [3.8, 4) is 0 Å². The van der Waals surface area contributed by atoms with E-state index in [1.807, 2.05) is 17.6 Å². The smallest absolute Gasteiger partial charge is 0.354 e. The Labute approximate surface area is 132 Å². The molecule has 1 aromatic rings. The molecule has 0 N–H and O–H groups in total. The molecule has 0 fully saturated rings. The Morgan fingerprint density at radius 2 is 2.00 bits per heavy atom. The van der Waals surface area contributed by atoms with Gasteiger partial charge in [-0.25, -0.2) is 4.79 Å². The fourth-order valence-electron chi connectivity index (χ4n) is 3.16. The van der Waals surface area contributed by atoms with Crippen molar-refractivity contribution >= 4 is 5.97 Å². The second kappa shape index (κ2) is 6.84. The molecule has 1 aliphatic carbocycles. The van der Waals surface area contributed by atoms with Crippen molar-refractivity contribution in [2.24, 2.45) is 5.41 Å². The lowest BCUT2D eigenvalue weighted by Gasteiger charge is -2.23. The van der Waals surface area contributed by atoms with Gasteiger partial charge in [0.1, 0.15) is 5.69 Å². The molecule has 124 valence electrons. The fraction of sp³-hybridized carbons (Fsp3) is 0.706. The topological polar surface area (TPSA) is 49.7 Å². The average Bonchev–Trinajstić information content (AvgIpc) is 2.99. The van der Waals surface area contributed by atoms with Crippen molar-refractivity contribution in [3.63, 3.8) is 0 Å². The maximum Gasteiger partial charge on any atom is 0.354 e. The van der Waals surface area contributed by atoms with Crippen molar-refractivity contribution < 1.29 is 19.0 Å². The molecule has 0 radical (unpaired) electrons. The van der Waals surface area contributed by atoms with E-state index in [9.17, 15) is 4.79 Å². The third kappa shape index (κ3) is 3.20. The van der Waals surface area contributed by atoms with Crippen LogP contribution in [0.1, 0.15) is 48.9 Å². The molecule has 2 rings (SSSR count). The van der Waals surface area contributed by atoms with Gasteiger partial charge in [-0.05, 0) is 36.8 Å². The summed E-state index contributed by atoms with van der Waals surface area (Å²) in [6.07, 6.45) is 2.72. The summed E-state index contributed by atoms with van der Waals surface area (Å²) in [5.74, 6) is -0.277. The van der Waals surface area contributed by atoms with E-state index in [1.165, 1.54) is 11.3 Å². The van der Waals surface area contributed by atoms with Crippen LogP contribution in [0.15, 0.2) is 6.07 Å². The average molecular weight is 309 g/mol. The van der Waals surface area contributed by atoms with Gasteiger partial charge < -0.3 is 18.8 Å². The van der Waals surface area contributed by atoms with E-state index in [-0.39, 0.29) is 17.7 Å². The number of carbonyl (C=O) groups excluding carboxylic acids is 1. The van der Waals surface area contributed by atoms with E-state index >= 15 is 0 Å². The number of rotatable bonds is 7. The van der Waals surface area contributed by atoms with Gasteiger partial charge in [-0.2, -0.15) is 0 Å². The van der Waals surface area contributed by atoms with Gasteiger partial charge in [0.25, 0.3) is 0 Å². The normalized spacial score (nSPS) is 20.5. The quantitative estimate of drug-likeness (QED) is 0.574. The number of ether oxygens (including phenoxy) is 3. The Kier molecular flexibility index (Phi) is 5.29. The van der Waals surface area contributed by atoms with Crippen molar-refractivity contribution in [1.29, 1.82) is 0 Å².